The van der Waals surface area contributed by atoms with Crippen molar-refractivity contribution in [3.05, 3.63) is 65.4 Å². The number of nitrogens with zero attached hydrogens (tertiary/aromatic N) is 3. The molecule has 0 radical (unpaired) electrons. The minimum absolute atomic E-state index is 0.0268. The zero-order valence-electron chi connectivity index (χ0n) is 16.4. The molecule has 1 saturated heterocycles. The van der Waals surface area contributed by atoms with Crippen LogP contribution in [0.25, 0.3) is 0 Å². The van der Waals surface area contributed by atoms with Crippen LogP contribution in [0.2, 0.25) is 0 Å². The summed E-state index contributed by atoms with van der Waals surface area (Å²) in [6.07, 6.45) is 0. The van der Waals surface area contributed by atoms with Gasteiger partial charge >= 0.3 is 5.97 Å². The second-order valence-corrected chi connectivity index (χ2v) is 7.00. The van der Waals surface area contributed by atoms with Crippen LogP contribution in [0.4, 0.5) is 17.1 Å². The van der Waals surface area contributed by atoms with Gasteiger partial charge in [-0.3, -0.25) is 0 Å². The first-order valence-electron chi connectivity index (χ1n) is 9.72. The smallest absolute Gasteiger partial charge is 0.351 e. The van der Waals surface area contributed by atoms with Gasteiger partial charge in [-0.1, -0.05) is 24.3 Å². The van der Waals surface area contributed by atoms with Crippen LogP contribution in [0, 0.1) is 11.3 Å². The fraction of sp³-hybridized carbons (Fsp3) is 0.227. The number of esters is 1. The highest BCUT2D eigenvalue weighted by Crippen LogP contribution is 2.32. The molecule has 0 aliphatic carbocycles. The van der Waals surface area contributed by atoms with E-state index in [9.17, 15) is 10.1 Å². The number of fused-ring (bicyclic) bond motifs is 1. The van der Waals surface area contributed by atoms with Crippen molar-refractivity contribution in [2.75, 3.05) is 37.2 Å². The molecule has 1 fully saturated rings. The van der Waals surface area contributed by atoms with Crippen molar-refractivity contribution in [2.45, 2.75) is 6.61 Å². The average Bonchev–Trinajstić information content (AvgIpc) is 2.78. The molecule has 30 heavy (non-hydrogen) atoms. The van der Waals surface area contributed by atoms with Gasteiger partial charge in [0.1, 0.15) is 18.4 Å². The van der Waals surface area contributed by atoms with Crippen molar-refractivity contribution in [3.8, 4) is 6.07 Å². The fourth-order valence-corrected chi connectivity index (χ4v) is 3.42. The van der Waals surface area contributed by atoms with E-state index in [1.165, 1.54) is 0 Å². The van der Waals surface area contributed by atoms with Gasteiger partial charge in [-0.05, 0) is 29.8 Å². The molecule has 4 N–H and O–H groups in total. The van der Waals surface area contributed by atoms with Gasteiger partial charge in [0, 0.05) is 31.9 Å². The Morgan fingerprint density at radius 2 is 2.00 bits per heavy atom. The van der Waals surface area contributed by atoms with Crippen molar-refractivity contribution >= 4 is 28.9 Å². The molecule has 2 aliphatic rings. The summed E-state index contributed by atoms with van der Waals surface area (Å²) in [7, 11) is 0. The molecule has 2 heterocycles. The summed E-state index contributed by atoms with van der Waals surface area (Å²) in [5, 5.41) is 16.3. The van der Waals surface area contributed by atoms with Gasteiger partial charge < -0.3 is 26.0 Å². The number of hydrogen-bond donors (Lipinski definition) is 3. The second kappa shape index (κ2) is 8.68. The summed E-state index contributed by atoms with van der Waals surface area (Å²) >= 11 is 0. The maximum absolute atomic E-state index is 12.8. The predicted octanol–water partition coefficient (Wildman–Crippen LogP) is 2.15. The van der Waals surface area contributed by atoms with Crippen LogP contribution in [0.3, 0.4) is 0 Å². The molecule has 0 aromatic heterocycles. The van der Waals surface area contributed by atoms with E-state index < -0.39 is 5.97 Å². The zero-order chi connectivity index (χ0) is 20.9. The molecule has 152 valence electrons. The normalized spacial score (nSPS) is 17.2. The number of nitrogens with two attached hydrogens (primary N) is 1. The van der Waals surface area contributed by atoms with Crippen LogP contribution in [0.15, 0.2) is 64.8 Å². The number of benzene rings is 2. The third-order valence-electron chi connectivity index (χ3n) is 4.92. The maximum atomic E-state index is 12.8. The lowest BCUT2D eigenvalue weighted by atomic mass is 10.1. The molecular formula is C22H22N6O2. The van der Waals surface area contributed by atoms with E-state index in [1.54, 1.807) is 18.2 Å². The quantitative estimate of drug-likeness (QED) is 0.312. The number of ether oxygens (including phenoxy) is 1. The standard InChI is InChI=1S/C22H22N6O2/c23-13-17(22(29)30-14-15-4-3-5-16(24)12-15)20-21(28-10-8-25-9-11-28)27-19-7-2-1-6-18(19)26-20/h1-7,12,25-26H,8-11,14,24H2. The van der Waals surface area contributed by atoms with Gasteiger partial charge in [0.15, 0.2) is 11.4 Å². The number of para-hydroxylation sites is 2. The van der Waals surface area contributed by atoms with E-state index in [0.717, 1.165) is 43.1 Å². The molecule has 0 bridgehead atoms. The van der Waals surface area contributed by atoms with Crippen LogP contribution in [0.1, 0.15) is 5.56 Å². The SMILES string of the molecule is N#CC(C(=O)OCc1cccc(N)c1)=C1Nc2ccccc2N=C1N1CCNCC1. The highest BCUT2D eigenvalue weighted by Gasteiger charge is 2.29. The summed E-state index contributed by atoms with van der Waals surface area (Å²) in [5.74, 6) is -0.128. The van der Waals surface area contributed by atoms with Crippen LogP contribution in [-0.2, 0) is 16.1 Å². The van der Waals surface area contributed by atoms with Gasteiger partial charge in [0.05, 0.1) is 11.4 Å². The number of nitrogen functional groups attached to an aromatic ring is 1. The molecule has 0 saturated carbocycles. The number of aliphatic imine (C=N–C) groups is 1. The van der Waals surface area contributed by atoms with Crippen molar-refractivity contribution in [1.29, 1.82) is 5.26 Å². The van der Waals surface area contributed by atoms with Gasteiger partial charge in [-0.15, -0.1) is 0 Å². The topological polar surface area (TPSA) is 116 Å². The Labute approximate surface area is 174 Å². The third kappa shape index (κ3) is 4.11. The fourth-order valence-electron chi connectivity index (χ4n) is 3.42. The van der Waals surface area contributed by atoms with Gasteiger partial charge in [-0.2, -0.15) is 5.26 Å². The Hall–Kier alpha value is -3.83. The van der Waals surface area contributed by atoms with Crippen LogP contribution in [0.5, 0.6) is 0 Å². The number of carbonyl (C=O) groups excluding carboxylic acids is 1. The Bertz CT molecular complexity index is 1060. The molecule has 2 aromatic carbocycles. The summed E-state index contributed by atoms with van der Waals surface area (Å²) in [6.45, 7) is 3.08. The van der Waals surface area contributed by atoms with Crippen LogP contribution < -0.4 is 16.4 Å². The van der Waals surface area contributed by atoms with E-state index in [1.807, 2.05) is 36.4 Å². The molecule has 2 aromatic rings. The Morgan fingerprint density at radius 3 is 2.77 bits per heavy atom. The van der Waals surface area contributed by atoms with E-state index in [2.05, 4.69) is 15.5 Å². The van der Waals surface area contributed by atoms with Crippen molar-refractivity contribution in [2.24, 2.45) is 4.99 Å². The van der Waals surface area contributed by atoms with Gasteiger partial charge in [-0.25, -0.2) is 9.79 Å². The van der Waals surface area contributed by atoms with Gasteiger partial charge in [0.2, 0.25) is 0 Å². The largest absolute Gasteiger partial charge is 0.457 e. The Balaban J connectivity index is 1.66. The van der Waals surface area contributed by atoms with Gasteiger partial charge in [0.25, 0.3) is 0 Å². The lowest BCUT2D eigenvalue weighted by Crippen LogP contribution is -2.48. The van der Waals surface area contributed by atoms with E-state index in [0.29, 0.717) is 17.2 Å². The molecular weight excluding hydrogens is 380 g/mol. The number of anilines is 2. The highest BCUT2D eigenvalue weighted by atomic mass is 16.5. The highest BCUT2D eigenvalue weighted by molar-refractivity contribution is 6.12. The summed E-state index contributed by atoms with van der Waals surface area (Å²) in [5.41, 5.74) is 8.88. The second-order valence-electron chi connectivity index (χ2n) is 7.00. The minimum Gasteiger partial charge on any atom is -0.457 e. The first kappa shape index (κ1) is 19.5. The summed E-state index contributed by atoms with van der Waals surface area (Å²) < 4.78 is 5.41. The molecule has 0 spiro atoms. The molecule has 0 amide bonds. The van der Waals surface area contributed by atoms with Crippen LogP contribution >= 0.6 is 0 Å². The number of amidine groups is 1. The summed E-state index contributed by atoms with van der Waals surface area (Å²) in [4.78, 5) is 19.6. The number of nitriles is 1. The van der Waals surface area contributed by atoms with E-state index in [-0.39, 0.29) is 12.2 Å². The number of rotatable bonds is 3. The Morgan fingerprint density at radius 1 is 1.20 bits per heavy atom. The lowest BCUT2D eigenvalue weighted by molar-refractivity contribution is -0.139. The first-order valence-corrected chi connectivity index (χ1v) is 9.72. The van der Waals surface area contributed by atoms with Crippen LogP contribution in [-0.4, -0.2) is 42.9 Å². The maximum Gasteiger partial charge on any atom is 0.351 e. The number of carbonyl (C=O) groups is 1. The van der Waals surface area contributed by atoms with Crippen molar-refractivity contribution in [1.82, 2.24) is 10.2 Å². The monoisotopic (exact) mass is 402 g/mol. The van der Waals surface area contributed by atoms with E-state index in [4.69, 9.17) is 15.5 Å². The number of piperazine rings is 1. The molecule has 8 nitrogen and oxygen atoms in total. The molecule has 0 unspecified atom stereocenters. The molecule has 0 atom stereocenters. The third-order valence-corrected chi connectivity index (χ3v) is 4.92. The number of nitrogens with one attached hydrogen (secondary N) is 2. The average molecular weight is 402 g/mol. The Kier molecular flexibility index (Phi) is 5.63. The minimum atomic E-state index is -0.704. The molecule has 4 rings (SSSR count). The van der Waals surface area contributed by atoms with Crippen molar-refractivity contribution < 1.29 is 9.53 Å². The molecule has 2 aliphatic heterocycles. The lowest BCUT2D eigenvalue weighted by Gasteiger charge is -2.34. The molecule has 8 heteroatoms. The van der Waals surface area contributed by atoms with Crippen molar-refractivity contribution in [3.63, 3.8) is 0 Å². The predicted molar refractivity (Wildman–Crippen MR) is 115 cm³/mol. The first-order chi connectivity index (χ1) is 14.7. The van der Waals surface area contributed by atoms with E-state index >= 15 is 0 Å². The number of hydrogen-bond acceptors (Lipinski definition) is 8. The summed E-state index contributed by atoms with van der Waals surface area (Å²) in [6, 6.07) is 16.6. The zero-order valence-corrected chi connectivity index (χ0v) is 16.4.